The lowest BCUT2D eigenvalue weighted by Gasteiger charge is -2.10. The van der Waals surface area contributed by atoms with E-state index in [4.69, 9.17) is 14.2 Å². The maximum absolute atomic E-state index is 12.8. The predicted octanol–water partition coefficient (Wildman–Crippen LogP) is 4.27. The van der Waals surface area contributed by atoms with Crippen molar-refractivity contribution in [2.24, 2.45) is 0 Å². The van der Waals surface area contributed by atoms with Crippen molar-refractivity contribution in [1.29, 1.82) is 0 Å². The smallest absolute Gasteiger partial charge is 0.371 e. The van der Waals surface area contributed by atoms with Gasteiger partial charge in [0.05, 0.1) is 12.7 Å². The van der Waals surface area contributed by atoms with E-state index in [0.717, 1.165) is 0 Å². The molecule has 0 aliphatic heterocycles. The Morgan fingerprint density at radius 1 is 0.931 bits per heavy atom. The highest BCUT2D eigenvalue weighted by Gasteiger charge is 2.14. The van der Waals surface area contributed by atoms with Crippen LogP contribution in [0, 0.1) is 0 Å². The summed E-state index contributed by atoms with van der Waals surface area (Å²) in [6, 6.07) is 13.8. The average molecular weight is 394 g/mol. The number of hydrogen-bond donors (Lipinski definition) is 0. The summed E-state index contributed by atoms with van der Waals surface area (Å²) < 4.78 is 28.1. The zero-order valence-corrected chi connectivity index (χ0v) is 15.3. The van der Waals surface area contributed by atoms with Gasteiger partial charge in [-0.05, 0) is 53.2 Å². The third kappa shape index (κ3) is 4.47. The number of halogens is 1. The molecule has 0 bridgehead atoms. The molecule has 0 N–H and O–H groups in total. The average Bonchev–Trinajstić information content (AvgIpc) is 2.73. The quantitative estimate of drug-likeness (QED) is 0.269. The van der Waals surface area contributed by atoms with Crippen molar-refractivity contribution in [3.63, 3.8) is 0 Å². The molecule has 3 aromatic rings. The lowest BCUT2D eigenvalue weighted by molar-refractivity contribution is -0.131. The van der Waals surface area contributed by atoms with Gasteiger partial charge in [-0.15, -0.1) is 0 Å². The number of hydrogen-bond acceptors (Lipinski definition) is 6. The minimum absolute atomic E-state index is 0.150. The Morgan fingerprint density at radius 3 is 2.34 bits per heavy atom. The Bertz CT molecular complexity index is 1140. The van der Waals surface area contributed by atoms with Crippen molar-refractivity contribution in [2.45, 2.75) is 0 Å². The van der Waals surface area contributed by atoms with Crippen LogP contribution in [0.2, 0.25) is 0 Å². The first-order chi connectivity index (χ1) is 13.9. The first kappa shape index (κ1) is 19.8. The molecule has 0 aliphatic rings. The van der Waals surface area contributed by atoms with E-state index in [1.54, 1.807) is 18.2 Å². The minimum Gasteiger partial charge on any atom is -0.493 e. The van der Waals surface area contributed by atoms with Crippen LogP contribution in [0.15, 0.2) is 67.0 Å². The van der Waals surface area contributed by atoms with Gasteiger partial charge in [0.1, 0.15) is 12.0 Å². The second-order valence-corrected chi connectivity index (χ2v) is 5.94. The lowest BCUT2D eigenvalue weighted by atomic mass is 10.1. The number of aldehydes is 1. The van der Waals surface area contributed by atoms with Crippen molar-refractivity contribution < 1.29 is 33.0 Å². The first-order valence-corrected chi connectivity index (χ1v) is 8.37. The normalized spacial score (nSPS) is 10.3. The second-order valence-electron chi connectivity index (χ2n) is 5.94. The topological polar surface area (TPSA) is 78.9 Å². The van der Waals surface area contributed by atoms with Gasteiger partial charge in [-0.3, -0.25) is 4.79 Å². The highest BCUT2D eigenvalue weighted by Crippen LogP contribution is 2.29. The third-order valence-corrected chi connectivity index (χ3v) is 4.01. The van der Waals surface area contributed by atoms with Gasteiger partial charge in [0.25, 0.3) is 0 Å². The van der Waals surface area contributed by atoms with Crippen LogP contribution in [-0.2, 0) is 4.79 Å². The molecule has 0 heterocycles. The van der Waals surface area contributed by atoms with Gasteiger partial charge in [0, 0.05) is 5.56 Å². The van der Waals surface area contributed by atoms with Gasteiger partial charge in [-0.2, -0.15) is 4.39 Å². The molecule has 7 heteroatoms. The van der Waals surface area contributed by atoms with Crippen LogP contribution in [0.3, 0.4) is 0 Å². The van der Waals surface area contributed by atoms with Gasteiger partial charge in [-0.25, -0.2) is 9.59 Å². The number of benzene rings is 3. The second kappa shape index (κ2) is 8.35. The highest BCUT2D eigenvalue weighted by atomic mass is 19.1. The minimum atomic E-state index is -1.19. The molecule has 3 rings (SSSR count). The molecular formula is C22H15FO6. The molecule has 0 aliphatic carbocycles. The van der Waals surface area contributed by atoms with Gasteiger partial charge in [0.2, 0.25) is 5.83 Å². The fourth-order valence-electron chi connectivity index (χ4n) is 2.58. The zero-order chi connectivity index (χ0) is 21.0. The van der Waals surface area contributed by atoms with Gasteiger partial charge in [-0.1, -0.05) is 18.7 Å². The molecule has 0 fully saturated rings. The van der Waals surface area contributed by atoms with Crippen LogP contribution in [0.1, 0.15) is 20.7 Å². The molecule has 0 unspecified atom stereocenters. The highest BCUT2D eigenvalue weighted by molar-refractivity contribution is 5.97. The Hall–Kier alpha value is -4.00. The molecular weight excluding hydrogens is 379 g/mol. The van der Waals surface area contributed by atoms with E-state index in [-0.39, 0.29) is 22.8 Å². The van der Waals surface area contributed by atoms with E-state index in [1.165, 1.54) is 43.5 Å². The monoisotopic (exact) mass is 394 g/mol. The van der Waals surface area contributed by atoms with Gasteiger partial charge >= 0.3 is 11.9 Å². The first-order valence-electron chi connectivity index (χ1n) is 8.37. The van der Waals surface area contributed by atoms with Gasteiger partial charge < -0.3 is 14.2 Å². The molecule has 0 radical (unpaired) electrons. The van der Waals surface area contributed by atoms with Crippen LogP contribution >= 0.6 is 0 Å². The largest absolute Gasteiger partial charge is 0.493 e. The van der Waals surface area contributed by atoms with E-state index in [0.29, 0.717) is 22.6 Å². The maximum Gasteiger partial charge on any atom is 0.371 e. The Kier molecular flexibility index (Phi) is 5.69. The number of methoxy groups -OCH3 is 1. The number of rotatable bonds is 6. The molecule has 0 spiro atoms. The summed E-state index contributed by atoms with van der Waals surface area (Å²) in [6.45, 7) is 2.88. The van der Waals surface area contributed by atoms with E-state index in [1.807, 2.05) is 0 Å². The number of carbonyl (C=O) groups is 3. The molecule has 0 saturated heterocycles. The van der Waals surface area contributed by atoms with Crippen LogP contribution in [0.5, 0.6) is 17.2 Å². The zero-order valence-electron chi connectivity index (χ0n) is 15.3. The van der Waals surface area contributed by atoms with Crippen molar-refractivity contribution >= 4 is 29.0 Å². The standard InChI is InChI=1S/C22H15FO6/c1-13(23)21(25)28-18-7-6-15-10-17(5-4-16(15)11-18)22(26)29-19-8-3-14(12-24)9-20(19)27-2/h3-12H,1H2,2H3. The fourth-order valence-corrected chi connectivity index (χ4v) is 2.58. The Labute approximate surface area is 165 Å². The number of fused-ring (bicyclic) bond motifs is 1. The molecule has 146 valence electrons. The van der Waals surface area contributed by atoms with E-state index in [9.17, 15) is 18.8 Å². The Morgan fingerprint density at radius 2 is 1.66 bits per heavy atom. The Balaban J connectivity index is 1.83. The molecule has 3 aromatic carbocycles. The van der Waals surface area contributed by atoms with Crippen molar-refractivity contribution in [3.05, 3.63) is 78.1 Å². The third-order valence-electron chi connectivity index (χ3n) is 4.01. The summed E-state index contributed by atoms with van der Waals surface area (Å²) in [7, 11) is 1.40. The molecule has 0 amide bonds. The van der Waals surface area contributed by atoms with Crippen LogP contribution in [0.4, 0.5) is 4.39 Å². The summed E-state index contributed by atoms with van der Waals surface area (Å²) in [4.78, 5) is 34.6. The maximum atomic E-state index is 12.8. The van der Waals surface area contributed by atoms with E-state index in [2.05, 4.69) is 6.58 Å². The van der Waals surface area contributed by atoms with E-state index < -0.39 is 17.8 Å². The van der Waals surface area contributed by atoms with Crippen LogP contribution in [-0.4, -0.2) is 25.3 Å². The summed E-state index contributed by atoms with van der Waals surface area (Å²) >= 11 is 0. The van der Waals surface area contributed by atoms with E-state index >= 15 is 0 Å². The SMILES string of the molecule is C=C(F)C(=O)Oc1ccc2cc(C(=O)Oc3ccc(C=O)cc3OC)ccc2c1. The van der Waals surface area contributed by atoms with Crippen LogP contribution in [0.25, 0.3) is 10.8 Å². The number of esters is 2. The summed E-state index contributed by atoms with van der Waals surface area (Å²) in [5.74, 6) is -2.40. The summed E-state index contributed by atoms with van der Waals surface area (Å²) in [5.41, 5.74) is 0.668. The van der Waals surface area contributed by atoms with Crippen molar-refractivity contribution in [1.82, 2.24) is 0 Å². The van der Waals surface area contributed by atoms with Crippen LogP contribution < -0.4 is 14.2 Å². The van der Waals surface area contributed by atoms with Crippen molar-refractivity contribution in [2.75, 3.05) is 7.11 Å². The molecule has 6 nitrogen and oxygen atoms in total. The summed E-state index contributed by atoms with van der Waals surface area (Å²) in [5, 5.41) is 1.35. The van der Waals surface area contributed by atoms with Crippen molar-refractivity contribution in [3.8, 4) is 17.2 Å². The molecule has 0 saturated carbocycles. The molecule has 0 aromatic heterocycles. The molecule has 0 atom stereocenters. The predicted molar refractivity (Wildman–Crippen MR) is 103 cm³/mol. The lowest BCUT2D eigenvalue weighted by Crippen LogP contribution is -2.09. The van der Waals surface area contributed by atoms with Gasteiger partial charge in [0.15, 0.2) is 11.5 Å². The number of ether oxygens (including phenoxy) is 3. The fraction of sp³-hybridized carbons (Fsp3) is 0.0455. The summed E-state index contributed by atoms with van der Waals surface area (Å²) in [6.07, 6.45) is 0.659. The molecule has 29 heavy (non-hydrogen) atoms. The number of carbonyl (C=O) groups excluding carboxylic acids is 3.